The van der Waals surface area contributed by atoms with Crippen LogP contribution in [0.2, 0.25) is 5.02 Å². The third-order valence-corrected chi connectivity index (χ3v) is 3.98. The summed E-state index contributed by atoms with van der Waals surface area (Å²) in [5, 5.41) is 6.16. The van der Waals surface area contributed by atoms with Crippen molar-refractivity contribution < 1.29 is 4.79 Å². The molecule has 0 aliphatic rings. The molecular weight excluding hydrogens is 292 g/mol. The van der Waals surface area contributed by atoms with Gasteiger partial charge in [0.25, 0.3) is 5.91 Å². The largest absolute Gasteiger partial charge is 0.321 e. The molecule has 0 unspecified atom stereocenters. The van der Waals surface area contributed by atoms with E-state index in [1.165, 1.54) is 0 Å². The van der Waals surface area contributed by atoms with Crippen LogP contribution in [0.15, 0.2) is 41.9 Å². The van der Waals surface area contributed by atoms with Crippen molar-refractivity contribution >= 4 is 45.4 Å². The van der Waals surface area contributed by atoms with E-state index in [1.54, 1.807) is 29.7 Å². The topological polar surface area (TPSA) is 42.0 Å². The average molecular weight is 303 g/mol. The van der Waals surface area contributed by atoms with E-state index in [0.717, 1.165) is 16.0 Å². The van der Waals surface area contributed by atoms with Crippen molar-refractivity contribution in [2.75, 3.05) is 5.32 Å². The number of thiophene rings is 1. The Morgan fingerprint density at radius 1 is 1.35 bits per heavy atom. The summed E-state index contributed by atoms with van der Waals surface area (Å²) in [6.07, 6.45) is 1.67. The molecule has 2 aromatic heterocycles. The molecule has 0 fully saturated rings. The van der Waals surface area contributed by atoms with Gasteiger partial charge < -0.3 is 5.32 Å². The third-order valence-electron chi connectivity index (χ3n) is 2.90. The van der Waals surface area contributed by atoms with Crippen LogP contribution in [0.3, 0.4) is 0 Å². The van der Waals surface area contributed by atoms with Crippen molar-refractivity contribution in [3.05, 3.63) is 57.4 Å². The Hall–Kier alpha value is -1.91. The van der Waals surface area contributed by atoms with E-state index in [1.807, 2.05) is 30.5 Å². The Balaban J connectivity index is 2.02. The molecule has 1 aromatic carbocycles. The highest BCUT2D eigenvalue weighted by molar-refractivity contribution is 7.10. The van der Waals surface area contributed by atoms with Crippen LogP contribution in [0.4, 0.5) is 5.69 Å². The third kappa shape index (κ3) is 2.53. The van der Waals surface area contributed by atoms with Gasteiger partial charge in [-0.1, -0.05) is 17.7 Å². The van der Waals surface area contributed by atoms with Crippen LogP contribution in [-0.4, -0.2) is 10.9 Å². The number of rotatable bonds is 2. The predicted molar refractivity (Wildman–Crippen MR) is 83.8 cm³/mol. The number of nitrogens with one attached hydrogen (secondary N) is 1. The molecule has 0 spiro atoms. The van der Waals surface area contributed by atoms with Crippen LogP contribution in [0.1, 0.15) is 15.2 Å². The molecule has 3 aromatic rings. The first-order valence-corrected chi connectivity index (χ1v) is 7.30. The fourth-order valence-electron chi connectivity index (χ4n) is 2.04. The summed E-state index contributed by atoms with van der Waals surface area (Å²) in [6, 6.07) is 9.09. The van der Waals surface area contributed by atoms with Crippen LogP contribution < -0.4 is 5.32 Å². The van der Waals surface area contributed by atoms with Crippen molar-refractivity contribution in [2.24, 2.45) is 0 Å². The molecule has 1 N–H and O–H groups in total. The van der Waals surface area contributed by atoms with Gasteiger partial charge >= 0.3 is 0 Å². The Bertz CT molecular complexity index is 797. The van der Waals surface area contributed by atoms with Gasteiger partial charge in [-0.25, -0.2) is 0 Å². The van der Waals surface area contributed by atoms with E-state index >= 15 is 0 Å². The van der Waals surface area contributed by atoms with E-state index in [9.17, 15) is 4.79 Å². The lowest BCUT2D eigenvalue weighted by atomic mass is 10.1. The lowest BCUT2D eigenvalue weighted by Crippen LogP contribution is -2.12. The maximum absolute atomic E-state index is 12.4. The number of pyridine rings is 1. The first-order valence-electron chi connectivity index (χ1n) is 6.04. The molecule has 5 heteroatoms. The van der Waals surface area contributed by atoms with Gasteiger partial charge in [-0.05, 0) is 31.2 Å². The fourth-order valence-corrected chi connectivity index (χ4v) is 2.90. The SMILES string of the molecule is Cc1cc(NC(=O)c2cc(Cl)cc3cccnc23)cs1. The second kappa shape index (κ2) is 5.23. The number of benzene rings is 1. The highest BCUT2D eigenvalue weighted by Gasteiger charge is 2.13. The molecule has 1 amide bonds. The molecule has 0 saturated carbocycles. The van der Waals surface area contributed by atoms with Gasteiger partial charge in [-0.2, -0.15) is 0 Å². The first kappa shape index (κ1) is 13.1. The first-order chi connectivity index (χ1) is 9.63. The monoisotopic (exact) mass is 302 g/mol. The van der Waals surface area contributed by atoms with E-state index in [-0.39, 0.29) is 5.91 Å². The van der Waals surface area contributed by atoms with Crippen LogP contribution >= 0.6 is 22.9 Å². The van der Waals surface area contributed by atoms with Gasteiger partial charge in [0.2, 0.25) is 0 Å². The molecule has 20 heavy (non-hydrogen) atoms. The average Bonchev–Trinajstić information content (AvgIpc) is 2.83. The molecule has 100 valence electrons. The second-order valence-corrected chi connectivity index (χ2v) is 5.98. The summed E-state index contributed by atoms with van der Waals surface area (Å²) in [5.41, 5.74) is 1.93. The highest BCUT2D eigenvalue weighted by atomic mass is 35.5. The van der Waals surface area contributed by atoms with Crippen molar-refractivity contribution in [2.45, 2.75) is 6.92 Å². The zero-order valence-electron chi connectivity index (χ0n) is 10.7. The molecule has 0 atom stereocenters. The Kier molecular flexibility index (Phi) is 3.42. The quantitative estimate of drug-likeness (QED) is 0.756. The number of nitrogens with zero attached hydrogens (tertiary/aromatic N) is 1. The fraction of sp³-hybridized carbons (Fsp3) is 0.0667. The normalized spacial score (nSPS) is 10.7. The summed E-state index contributed by atoms with van der Waals surface area (Å²) in [7, 11) is 0. The molecule has 0 saturated heterocycles. The van der Waals surface area contributed by atoms with Crippen molar-refractivity contribution in [3.63, 3.8) is 0 Å². The predicted octanol–water partition coefficient (Wildman–Crippen LogP) is 4.51. The van der Waals surface area contributed by atoms with Crippen molar-refractivity contribution in [3.8, 4) is 0 Å². The molecule has 3 rings (SSSR count). The number of carbonyl (C=O) groups excluding carboxylic acids is 1. The molecule has 0 radical (unpaired) electrons. The van der Waals surface area contributed by atoms with Gasteiger partial charge in [0, 0.05) is 26.9 Å². The number of anilines is 1. The minimum Gasteiger partial charge on any atom is -0.321 e. The number of hydrogen-bond donors (Lipinski definition) is 1. The standard InChI is InChI=1S/C15H11ClN2OS/c1-9-5-12(8-20-9)18-15(19)13-7-11(16)6-10-3-2-4-17-14(10)13/h2-8H,1H3,(H,18,19). The zero-order chi connectivity index (χ0) is 14.1. The van der Waals surface area contributed by atoms with Gasteiger partial charge in [0.15, 0.2) is 0 Å². The number of halogens is 1. The lowest BCUT2D eigenvalue weighted by molar-refractivity contribution is 0.102. The Labute approximate surface area is 125 Å². The second-order valence-electron chi connectivity index (χ2n) is 4.43. The van der Waals surface area contributed by atoms with Crippen LogP contribution in [-0.2, 0) is 0 Å². The smallest absolute Gasteiger partial charge is 0.257 e. The summed E-state index contributed by atoms with van der Waals surface area (Å²) in [5.74, 6) is -0.200. The number of aromatic nitrogens is 1. The lowest BCUT2D eigenvalue weighted by Gasteiger charge is -2.07. The number of carbonyl (C=O) groups is 1. The van der Waals surface area contributed by atoms with Crippen LogP contribution in [0, 0.1) is 6.92 Å². The maximum atomic E-state index is 12.4. The summed E-state index contributed by atoms with van der Waals surface area (Å²) in [4.78, 5) is 17.8. The van der Waals surface area contributed by atoms with Gasteiger partial charge in [0.1, 0.15) is 0 Å². The van der Waals surface area contributed by atoms with E-state index in [0.29, 0.717) is 16.1 Å². The molecule has 2 heterocycles. The maximum Gasteiger partial charge on any atom is 0.257 e. The van der Waals surface area contributed by atoms with E-state index in [4.69, 9.17) is 11.6 Å². The number of aryl methyl sites for hydroxylation is 1. The summed E-state index contributed by atoms with van der Waals surface area (Å²) in [6.45, 7) is 2.00. The molecule has 0 aliphatic heterocycles. The minimum atomic E-state index is -0.200. The molecular formula is C15H11ClN2OS. The number of fused-ring (bicyclic) bond motifs is 1. The van der Waals surface area contributed by atoms with E-state index in [2.05, 4.69) is 10.3 Å². The number of amides is 1. The molecule has 0 aliphatic carbocycles. The van der Waals surface area contributed by atoms with Crippen molar-refractivity contribution in [1.82, 2.24) is 4.98 Å². The summed E-state index contributed by atoms with van der Waals surface area (Å²) < 4.78 is 0. The Morgan fingerprint density at radius 3 is 2.95 bits per heavy atom. The number of hydrogen-bond acceptors (Lipinski definition) is 3. The van der Waals surface area contributed by atoms with Crippen LogP contribution in [0.5, 0.6) is 0 Å². The van der Waals surface area contributed by atoms with Gasteiger partial charge in [-0.3, -0.25) is 9.78 Å². The van der Waals surface area contributed by atoms with Gasteiger partial charge in [0.05, 0.1) is 16.8 Å². The van der Waals surface area contributed by atoms with E-state index < -0.39 is 0 Å². The van der Waals surface area contributed by atoms with Crippen LogP contribution in [0.25, 0.3) is 10.9 Å². The van der Waals surface area contributed by atoms with Crippen molar-refractivity contribution in [1.29, 1.82) is 0 Å². The Morgan fingerprint density at radius 2 is 2.20 bits per heavy atom. The zero-order valence-corrected chi connectivity index (χ0v) is 12.3. The minimum absolute atomic E-state index is 0.200. The molecule has 3 nitrogen and oxygen atoms in total. The highest BCUT2D eigenvalue weighted by Crippen LogP contribution is 2.24. The van der Waals surface area contributed by atoms with Gasteiger partial charge in [-0.15, -0.1) is 11.3 Å². The molecule has 0 bridgehead atoms. The summed E-state index contributed by atoms with van der Waals surface area (Å²) >= 11 is 7.66.